The first-order valence-electron chi connectivity index (χ1n) is 5.43. The van der Waals surface area contributed by atoms with Crippen molar-refractivity contribution in [3.8, 4) is 0 Å². The van der Waals surface area contributed by atoms with E-state index in [1.54, 1.807) is 0 Å². The second-order valence-electron chi connectivity index (χ2n) is 4.02. The summed E-state index contributed by atoms with van der Waals surface area (Å²) in [5, 5.41) is -0.0405. The Labute approximate surface area is 142 Å². The molecule has 0 bridgehead atoms. The molecule has 0 unspecified atom stereocenters. The lowest BCUT2D eigenvalue weighted by Gasteiger charge is -2.13. The molecule has 2 aromatic carbocycles. The lowest BCUT2D eigenvalue weighted by molar-refractivity contribution is 0.597. The minimum Gasteiger partial charge on any atom is -0.399 e. The predicted molar refractivity (Wildman–Crippen MR) is 88.5 cm³/mol. The molecule has 9 heteroatoms. The molecule has 2 aromatic rings. The normalized spacial score (nSPS) is 11.4. The summed E-state index contributed by atoms with van der Waals surface area (Å²) in [4.78, 5) is -0.101. The van der Waals surface area contributed by atoms with Gasteiger partial charge in [-0.25, -0.2) is 12.8 Å². The van der Waals surface area contributed by atoms with Crippen molar-refractivity contribution in [3.63, 3.8) is 0 Å². The average molecular weight is 459 g/mol. The molecule has 3 N–H and O–H groups in total. The van der Waals surface area contributed by atoms with E-state index in [0.717, 1.165) is 6.07 Å². The van der Waals surface area contributed by atoms with Crippen LogP contribution < -0.4 is 10.5 Å². The van der Waals surface area contributed by atoms with Crippen molar-refractivity contribution >= 4 is 64.9 Å². The van der Waals surface area contributed by atoms with Crippen LogP contribution in [0.3, 0.4) is 0 Å². The summed E-state index contributed by atoms with van der Waals surface area (Å²) in [6.45, 7) is 0. The SMILES string of the molecule is Nc1cc(Br)c(S(=O)(=O)Nc2c(F)cccc2Cl)c(Br)c1. The maximum absolute atomic E-state index is 13.7. The van der Waals surface area contributed by atoms with Crippen LogP contribution in [0.5, 0.6) is 0 Å². The van der Waals surface area contributed by atoms with Gasteiger partial charge in [-0.05, 0) is 56.1 Å². The van der Waals surface area contributed by atoms with Crippen LogP contribution in [0.15, 0.2) is 44.2 Å². The Morgan fingerprint density at radius 1 is 1.19 bits per heavy atom. The Balaban J connectivity index is 2.54. The highest BCUT2D eigenvalue weighted by Crippen LogP contribution is 2.35. The predicted octanol–water partition coefficient (Wildman–Crippen LogP) is 4.39. The molecule has 0 heterocycles. The van der Waals surface area contributed by atoms with Crippen molar-refractivity contribution in [2.24, 2.45) is 0 Å². The molecular weight excluding hydrogens is 450 g/mol. The molecule has 0 atom stereocenters. The average Bonchev–Trinajstić information content (AvgIpc) is 2.32. The molecule has 0 aromatic heterocycles. The Morgan fingerprint density at radius 3 is 2.29 bits per heavy atom. The second-order valence-corrected chi connectivity index (χ2v) is 7.75. The van der Waals surface area contributed by atoms with Gasteiger partial charge in [-0.2, -0.15) is 0 Å². The lowest BCUT2D eigenvalue weighted by Crippen LogP contribution is -2.15. The van der Waals surface area contributed by atoms with Crippen molar-refractivity contribution < 1.29 is 12.8 Å². The van der Waals surface area contributed by atoms with E-state index in [-0.39, 0.29) is 24.6 Å². The maximum Gasteiger partial charge on any atom is 0.264 e. The van der Waals surface area contributed by atoms with Gasteiger partial charge in [-0.1, -0.05) is 17.7 Å². The Hall–Kier alpha value is -0.830. The number of nitrogens with two attached hydrogens (primary N) is 1. The summed E-state index contributed by atoms with van der Waals surface area (Å²) in [7, 11) is -4.06. The summed E-state index contributed by atoms with van der Waals surface area (Å²) in [5.41, 5.74) is 5.68. The number of hydrogen-bond acceptors (Lipinski definition) is 3. The second kappa shape index (κ2) is 6.12. The zero-order valence-electron chi connectivity index (χ0n) is 10.2. The molecule has 0 fully saturated rings. The van der Waals surface area contributed by atoms with Crippen molar-refractivity contribution in [1.29, 1.82) is 0 Å². The molecule has 0 radical (unpaired) electrons. The van der Waals surface area contributed by atoms with Crippen LogP contribution in [0.25, 0.3) is 0 Å². The van der Waals surface area contributed by atoms with Crippen LogP contribution in [0, 0.1) is 5.82 Å². The van der Waals surface area contributed by atoms with E-state index < -0.39 is 15.8 Å². The minimum absolute atomic E-state index is 0.0405. The van der Waals surface area contributed by atoms with E-state index >= 15 is 0 Å². The molecular formula is C12H8Br2ClFN2O2S. The third-order valence-corrected chi connectivity index (χ3v) is 6.03. The minimum atomic E-state index is -4.06. The first kappa shape index (κ1) is 16.5. The number of para-hydroxylation sites is 1. The van der Waals surface area contributed by atoms with Crippen LogP contribution in [-0.4, -0.2) is 8.42 Å². The van der Waals surface area contributed by atoms with Crippen molar-refractivity contribution in [1.82, 2.24) is 0 Å². The van der Waals surface area contributed by atoms with E-state index in [2.05, 4.69) is 36.6 Å². The van der Waals surface area contributed by atoms with Gasteiger partial charge < -0.3 is 5.73 Å². The van der Waals surface area contributed by atoms with Crippen LogP contribution in [-0.2, 0) is 10.0 Å². The first-order chi connectivity index (χ1) is 9.72. The van der Waals surface area contributed by atoms with E-state index in [0.29, 0.717) is 5.69 Å². The van der Waals surface area contributed by atoms with Gasteiger partial charge in [-0.15, -0.1) is 0 Å². The van der Waals surface area contributed by atoms with Crippen molar-refractivity contribution in [2.75, 3.05) is 10.5 Å². The number of nitrogens with one attached hydrogen (secondary N) is 1. The Kier molecular flexibility index (Phi) is 4.82. The van der Waals surface area contributed by atoms with E-state index in [1.165, 1.54) is 24.3 Å². The maximum atomic E-state index is 13.7. The fourth-order valence-electron chi connectivity index (χ4n) is 1.62. The molecule has 0 spiro atoms. The summed E-state index contributed by atoms with van der Waals surface area (Å²) in [6.07, 6.45) is 0. The molecule has 2 rings (SSSR count). The number of halogens is 4. The van der Waals surface area contributed by atoms with Gasteiger partial charge in [0.15, 0.2) is 0 Å². The van der Waals surface area contributed by atoms with Crippen LogP contribution in [0.2, 0.25) is 5.02 Å². The van der Waals surface area contributed by atoms with Crippen LogP contribution in [0.4, 0.5) is 15.8 Å². The summed E-state index contributed by atoms with van der Waals surface area (Å²) < 4.78 is 41.2. The number of benzene rings is 2. The molecule has 4 nitrogen and oxygen atoms in total. The van der Waals surface area contributed by atoms with Crippen LogP contribution >= 0.6 is 43.5 Å². The molecule has 0 aliphatic heterocycles. The van der Waals surface area contributed by atoms with Gasteiger partial charge in [0.2, 0.25) is 0 Å². The van der Waals surface area contributed by atoms with E-state index in [1.807, 2.05) is 0 Å². The molecule has 0 saturated carbocycles. The van der Waals surface area contributed by atoms with Gasteiger partial charge in [0.05, 0.1) is 5.02 Å². The third-order valence-electron chi connectivity index (χ3n) is 2.49. The van der Waals surface area contributed by atoms with E-state index in [4.69, 9.17) is 17.3 Å². The summed E-state index contributed by atoms with van der Waals surface area (Å²) in [6, 6.07) is 6.74. The highest BCUT2D eigenvalue weighted by molar-refractivity contribution is 9.11. The number of nitrogen functional groups attached to an aromatic ring is 1. The summed E-state index contributed by atoms with van der Waals surface area (Å²) >= 11 is 12.1. The largest absolute Gasteiger partial charge is 0.399 e. The topological polar surface area (TPSA) is 72.2 Å². The lowest BCUT2D eigenvalue weighted by atomic mass is 10.3. The molecule has 0 saturated heterocycles. The fourth-order valence-corrected chi connectivity index (χ4v) is 5.59. The zero-order valence-corrected chi connectivity index (χ0v) is 14.9. The van der Waals surface area contributed by atoms with Crippen LogP contribution in [0.1, 0.15) is 0 Å². The number of sulfonamides is 1. The summed E-state index contributed by atoms with van der Waals surface area (Å²) in [5.74, 6) is -0.770. The van der Waals surface area contributed by atoms with Crippen molar-refractivity contribution in [2.45, 2.75) is 4.90 Å². The monoisotopic (exact) mass is 456 g/mol. The van der Waals surface area contributed by atoms with Gasteiger partial charge in [0.25, 0.3) is 10.0 Å². The number of anilines is 2. The van der Waals surface area contributed by atoms with E-state index in [9.17, 15) is 12.8 Å². The molecule has 0 amide bonds. The first-order valence-corrected chi connectivity index (χ1v) is 8.88. The smallest absolute Gasteiger partial charge is 0.264 e. The quantitative estimate of drug-likeness (QED) is 0.671. The molecule has 0 aliphatic carbocycles. The standard InChI is InChI=1S/C12H8Br2ClFN2O2S/c13-7-4-6(17)5-8(14)12(7)21(19,20)18-11-9(15)2-1-3-10(11)16/h1-5,18H,17H2. The van der Waals surface area contributed by atoms with Crippen molar-refractivity contribution in [3.05, 3.63) is 50.1 Å². The zero-order chi connectivity index (χ0) is 15.8. The molecule has 0 aliphatic rings. The molecule has 112 valence electrons. The highest BCUT2D eigenvalue weighted by Gasteiger charge is 2.24. The van der Waals surface area contributed by atoms with Gasteiger partial charge in [0, 0.05) is 14.6 Å². The fraction of sp³-hybridized carbons (Fsp3) is 0. The number of hydrogen-bond donors (Lipinski definition) is 2. The van der Waals surface area contributed by atoms with Gasteiger partial charge >= 0.3 is 0 Å². The highest BCUT2D eigenvalue weighted by atomic mass is 79.9. The number of rotatable bonds is 3. The Bertz CT molecular complexity index is 772. The van der Waals surface area contributed by atoms with Gasteiger partial charge in [0.1, 0.15) is 16.4 Å². The third kappa shape index (κ3) is 3.50. The molecule has 21 heavy (non-hydrogen) atoms. The van der Waals surface area contributed by atoms with Gasteiger partial charge in [-0.3, -0.25) is 4.72 Å². The Morgan fingerprint density at radius 2 is 1.76 bits per heavy atom.